The Labute approximate surface area is 260 Å². The standard InChI is InChI=1S/C30H39N5O8S/c1-17-8-5-6-11-23(17)43-16-22(36)15-31-12-13-32-29(44)33-19(3)30(4)26(28(39)40)25(24(27(37)38)18(2)34-30)20-9-7-10-21(14-20)35(41)42/h5-11,14,19,22,25-26,31,34,36H,12-13,15-16H2,1-4H3,(H,37,38)(H,39,40)(H2,32,33,44). The number of ether oxygens (including phenoxy) is 1. The van der Waals surface area contributed by atoms with E-state index >= 15 is 0 Å². The van der Waals surface area contributed by atoms with E-state index in [-0.39, 0.29) is 34.2 Å². The number of nitro groups is 1. The van der Waals surface area contributed by atoms with E-state index < -0.39 is 46.4 Å². The number of rotatable bonds is 14. The van der Waals surface area contributed by atoms with Crippen LogP contribution in [0.15, 0.2) is 59.8 Å². The maximum Gasteiger partial charge on any atom is 0.333 e. The van der Waals surface area contributed by atoms with Crippen molar-refractivity contribution >= 4 is 35.0 Å². The van der Waals surface area contributed by atoms with Gasteiger partial charge in [0.1, 0.15) is 18.5 Å². The number of hydrogen-bond donors (Lipinski definition) is 7. The number of thiocarbonyl (C=S) groups is 1. The Hall–Kier alpha value is -4.27. The monoisotopic (exact) mass is 629 g/mol. The largest absolute Gasteiger partial charge is 0.491 e. The highest BCUT2D eigenvalue weighted by molar-refractivity contribution is 7.80. The Morgan fingerprint density at radius 1 is 1.16 bits per heavy atom. The van der Waals surface area contributed by atoms with Gasteiger partial charge < -0.3 is 41.3 Å². The molecule has 1 aliphatic rings. The lowest BCUT2D eigenvalue weighted by Gasteiger charge is -2.49. The number of nitro benzene ring substituents is 1. The Morgan fingerprint density at radius 3 is 2.50 bits per heavy atom. The van der Waals surface area contributed by atoms with Crippen molar-refractivity contribution < 1.29 is 34.6 Å². The predicted octanol–water partition coefficient (Wildman–Crippen LogP) is 2.29. The fraction of sp³-hybridized carbons (Fsp3) is 0.433. The minimum Gasteiger partial charge on any atom is -0.491 e. The number of para-hydroxylation sites is 1. The minimum atomic E-state index is -1.34. The molecule has 0 saturated carbocycles. The molecule has 0 fully saturated rings. The van der Waals surface area contributed by atoms with Crippen molar-refractivity contribution in [3.63, 3.8) is 0 Å². The van der Waals surface area contributed by atoms with Crippen LogP contribution in [0, 0.1) is 23.0 Å². The number of hydrogen-bond acceptors (Lipinski definition) is 9. The van der Waals surface area contributed by atoms with Crippen molar-refractivity contribution in [3.05, 3.63) is 81.0 Å². The number of nitrogens with zero attached hydrogens (tertiary/aromatic N) is 1. The van der Waals surface area contributed by atoms with Crippen molar-refractivity contribution in [1.29, 1.82) is 0 Å². The minimum absolute atomic E-state index is 0.133. The molecule has 13 nitrogen and oxygen atoms in total. The van der Waals surface area contributed by atoms with Crippen LogP contribution >= 0.6 is 12.2 Å². The summed E-state index contributed by atoms with van der Waals surface area (Å²) in [6, 6.07) is 12.3. The molecule has 3 rings (SSSR count). The van der Waals surface area contributed by atoms with Crippen molar-refractivity contribution in [1.82, 2.24) is 21.3 Å². The number of benzene rings is 2. The van der Waals surface area contributed by atoms with Gasteiger partial charge in [-0.2, -0.15) is 0 Å². The lowest BCUT2D eigenvalue weighted by molar-refractivity contribution is -0.384. The lowest BCUT2D eigenvalue weighted by Crippen LogP contribution is -2.67. The SMILES string of the molecule is CC1=C(C(=O)O)C(c2cccc([N+](=O)[O-])c2)C(C(=O)O)C(C)(C(C)NC(=S)NCCNCC(O)COc2ccccc2C)N1. The smallest absolute Gasteiger partial charge is 0.333 e. The molecule has 14 heteroatoms. The van der Waals surface area contributed by atoms with E-state index in [1.165, 1.54) is 24.3 Å². The maximum absolute atomic E-state index is 12.8. The van der Waals surface area contributed by atoms with Crippen LogP contribution in [0.3, 0.4) is 0 Å². The highest BCUT2D eigenvalue weighted by Gasteiger charge is 2.54. The van der Waals surface area contributed by atoms with E-state index in [1.807, 2.05) is 31.2 Å². The van der Waals surface area contributed by atoms with E-state index in [0.29, 0.717) is 25.4 Å². The normalized spacial score (nSPS) is 21.0. The first-order valence-corrected chi connectivity index (χ1v) is 14.5. The molecular formula is C30H39N5O8S. The average molecular weight is 630 g/mol. The van der Waals surface area contributed by atoms with Gasteiger partial charge in [-0.3, -0.25) is 14.9 Å². The van der Waals surface area contributed by atoms with Crippen molar-refractivity contribution in [3.8, 4) is 5.75 Å². The zero-order chi connectivity index (χ0) is 32.6. The second-order valence-corrected chi connectivity index (χ2v) is 11.4. The number of allylic oxidation sites excluding steroid dienone is 1. The fourth-order valence-corrected chi connectivity index (χ4v) is 5.73. The summed E-state index contributed by atoms with van der Waals surface area (Å²) in [6.07, 6.45) is -0.726. The van der Waals surface area contributed by atoms with Gasteiger partial charge in [0, 0.05) is 49.4 Å². The Morgan fingerprint density at radius 2 is 1.86 bits per heavy atom. The van der Waals surface area contributed by atoms with Crippen molar-refractivity contribution in [2.24, 2.45) is 5.92 Å². The molecule has 0 spiro atoms. The van der Waals surface area contributed by atoms with Crippen molar-refractivity contribution in [2.45, 2.75) is 51.3 Å². The quantitative estimate of drug-likeness (QED) is 0.0697. The van der Waals surface area contributed by atoms with Crippen LogP contribution in [-0.2, 0) is 9.59 Å². The van der Waals surface area contributed by atoms with E-state index in [9.17, 15) is 35.0 Å². The number of carboxylic acid groups (broad SMARTS) is 2. The molecule has 5 atom stereocenters. The zero-order valence-electron chi connectivity index (χ0n) is 25.0. The molecule has 7 N–H and O–H groups in total. The summed E-state index contributed by atoms with van der Waals surface area (Å²) in [5.41, 5.74) is -0.286. The first-order valence-electron chi connectivity index (χ1n) is 14.1. The van der Waals surface area contributed by atoms with E-state index in [1.54, 1.807) is 20.8 Å². The number of aliphatic hydroxyl groups excluding tert-OH is 1. The molecule has 0 aromatic heterocycles. The molecule has 0 amide bonds. The van der Waals surface area contributed by atoms with Gasteiger partial charge in [0.15, 0.2) is 5.11 Å². The summed E-state index contributed by atoms with van der Waals surface area (Å²) in [5.74, 6) is -4.41. The van der Waals surface area contributed by atoms with E-state index in [0.717, 1.165) is 5.56 Å². The second-order valence-electron chi connectivity index (χ2n) is 11.0. The third-order valence-electron chi connectivity index (χ3n) is 7.83. The molecule has 44 heavy (non-hydrogen) atoms. The van der Waals surface area contributed by atoms with Gasteiger partial charge in [-0.1, -0.05) is 30.3 Å². The van der Waals surface area contributed by atoms with Crippen LogP contribution in [-0.4, -0.2) is 81.2 Å². The van der Waals surface area contributed by atoms with Crippen LogP contribution in [0.25, 0.3) is 0 Å². The van der Waals surface area contributed by atoms with Crippen LogP contribution in [0.5, 0.6) is 5.75 Å². The van der Waals surface area contributed by atoms with Gasteiger partial charge in [0.05, 0.1) is 22.0 Å². The molecule has 0 bridgehead atoms. The van der Waals surface area contributed by atoms with Crippen LogP contribution in [0.1, 0.15) is 37.8 Å². The highest BCUT2D eigenvalue weighted by atomic mass is 32.1. The number of nitrogens with one attached hydrogen (secondary N) is 4. The number of carboxylic acids is 2. The summed E-state index contributed by atoms with van der Waals surface area (Å²) in [4.78, 5) is 35.9. The van der Waals surface area contributed by atoms with Gasteiger partial charge >= 0.3 is 11.9 Å². The first-order chi connectivity index (χ1) is 20.8. The zero-order valence-corrected chi connectivity index (χ0v) is 25.8. The maximum atomic E-state index is 12.8. The van der Waals surface area contributed by atoms with Crippen LogP contribution in [0.4, 0.5) is 5.69 Å². The van der Waals surface area contributed by atoms with Gasteiger partial charge in [-0.25, -0.2) is 4.79 Å². The Bertz CT molecular complexity index is 1420. The van der Waals surface area contributed by atoms with E-state index in [4.69, 9.17) is 17.0 Å². The molecule has 238 valence electrons. The van der Waals surface area contributed by atoms with Gasteiger partial charge in [-0.05, 0) is 57.1 Å². The lowest BCUT2D eigenvalue weighted by atomic mass is 9.65. The molecule has 5 unspecified atom stereocenters. The summed E-state index contributed by atoms with van der Waals surface area (Å²) in [6.45, 7) is 8.13. The average Bonchev–Trinajstić information content (AvgIpc) is 2.95. The second kappa shape index (κ2) is 14.9. The van der Waals surface area contributed by atoms with Crippen LogP contribution in [0.2, 0.25) is 0 Å². The topological polar surface area (TPSA) is 195 Å². The van der Waals surface area contributed by atoms with E-state index in [2.05, 4.69) is 21.3 Å². The number of aliphatic carboxylic acids is 2. The number of aryl methyl sites for hydroxylation is 1. The van der Waals surface area contributed by atoms with Gasteiger partial charge in [-0.15, -0.1) is 0 Å². The molecule has 2 aromatic carbocycles. The Balaban J connectivity index is 1.63. The van der Waals surface area contributed by atoms with Crippen molar-refractivity contribution in [2.75, 3.05) is 26.2 Å². The predicted molar refractivity (Wildman–Crippen MR) is 168 cm³/mol. The number of non-ortho nitro benzene ring substituents is 1. The Kier molecular flexibility index (Phi) is 11.6. The summed E-state index contributed by atoms with van der Waals surface area (Å²) >= 11 is 5.45. The summed E-state index contributed by atoms with van der Waals surface area (Å²) in [7, 11) is 0. The number of aliphatic hydroxyl groups is 1. The molecule has 0 saturated heterocycles. The molecule has 0 radical (unpaired) electrons. The third-order valence-corrected chi connectivity index (χ3v) is 8.09. The molecule has 1 heterocycles. The van der Waals surface area contributed by atoms with Crippen LogP contribution < -0.4 is 26.0 Å². The third kappa shape index (κ3) is 8.21. The summed E-state index contributed by atoms with van der Waals surface area (Å²) in [5, 5.41) is 54.7. The molecule has 0 aliphatic carbocycles. The number of carbonyl (C=O) groups is 2. The summed E-state index contributed by atoms with van der Waals surface area (Å²) < 4.78 is 5.66. The van der Waals surface area contributed by atoms with Gasteiger partial charge in [0.25, 0.3) is 5.69 Å². The molecule has 2 aromatic rings. The van der Waals surface area contributed by atoms with Gasteiger partial charge in [0.2, 0.25) is 0 Å². The fourth-order valence-electron chi connectivity index (χ4n) is 5.45. The molecule has 1 aliphatic heterocycles. The first kappa shape index (κ1) is 34.2. The molecular weight excluding hydrogens is 590 g/mol. The highest BCUT2D eigenvalue weighted by Crippen LogP contribution is 2.45.